The quantitative estimate of drug-likeness (QED) is 0.911. The third kappa shape index (κ3) is 2.65. The largest absolute Gasteiger partial charge is 0.395 e. The summed E-state index contributed by atoms with van der Waals surface area (Å²) in [4.78, 5) is -0.189. The van der Waals surface area contributed by atoms with Crippen molar-refractivity contribution in [1.82, 2.24) is 4.31 Å². The van der Waals surface area contributed by atoms with Crippen molar-refractivity contribution < 1.29 is 17.9 Å². The second-order valence-corrected chi connectivity index (χ2v) is 6.77. The molecule has 8 heteroatoms. The Bertz CT molecular complexity index is 659. The first-order valence-corrected chi connectivity index (χ1v) is 7.68. The third-order valence-electron chi connectivity index (χ3n) is 3.17. The Kier molecular flexibility index (Phi) is 4.30. The van der Waals surface area contributed by atoms with E-state index >= 15 is 0 Å². The maximum absolute atomic E-state index is 13.4. The summed E-state index contributed by atoms with van der Waals surface area (Å²) in [5.41, 5.74) is 0.234. The minimum absolute atomic E-state index is 0.0381. The van der Waals surface area contributed by atoms with Crippen LogP contribution in [0.4, 0.5) is 4.39 Å². The molecule has 1 N–H and O–H groups in total. The normalized spacial score (nSPS) is 23.7. The molecule has 0 spiro atoms. The number of hydrogen-bond donors (Lipinski definition) is 1. The fraction of sp³-hybridized carbons (Fsp3) is 0.417. The molecule has 0 saturated carbocycles. The lowest BCUT2D eigenvalue weighted by Gasteiger charge is -2.22. The fourth-order valence-electron chi connectivity index (χ4n) is 2.20. The van der Waals surface area contributed by atoms with Crippen LogP contribution in [0.25, 0.3) is 0 Å². The van der Waals surface area contributed by atoms with Crippen molar-refractivity contribution in [2.45, 2.75) is 23.5 Å². The van der Waals surface area contributed by atoms with E-state index in [0.29, 0.717) is 0 Å². The van der Waals surface area contributed by atoms with E-state index in [1.54, 1.807) is 0 Å². The Morgan fingerprint density at radius 2 is 2.25 bits per heavy atom. The van der Waals surface area contributed by atoms with Crippen molar-refractivity contribution in [1.29, 1.82) is 5.26 Å². The summed E-state index contributed by atoms with van der Waals surface area (Å²) in [5, 5.41) is 17.8. The predicted molar refractivity (Wildman–Crippen MR) is 70.4 cm³/mol. The summed E-state index contributed by atoms with van der Waals surface area (Å²) in [7, 11) is -4.00. The molecule has 0 aliphatic carbocycles. The molecule has 0 unspecified atom stereocenters. The van der Waals surface area contributed by atoms with Gasteiger partial charge in [-0.3, -0.25) is 0 Å². The van der Waals surface area contributed by atoms with Crippen LogP contribution < -0.4 is 0 Å². The number of sulfonamides is 1. The molecule has 0 aromatic heterocycles. The van der Waals surface area contributed by atoms with Gasteiger partial charge < -0.3 is 5.11 Å². The summed E-state index contributed by atoms with van der Waals surface area (Å²) < 4.78 is 39.2. The molecule has 1 aromatic rings. The lowest BCUT2D eigenvalue weighted by atomic mass is 10.2. The first-order chi connectivity index (χ1) is 9.40. The molecule has 2 atom stereocenters. The van der Waals surface area contributed by atoms with Crippen LogP contribution in [0.3, 0.4) is 0 Å². The van der Waals surface area contributed by atoms with Gasteiger partial charge in [0.1, 0.15) is 11.1 Å². The standard InChI is InChI=1S/C12H12ClFN2O3S/c13-11-3-8(5-15)1-2-12(11)20(18,19)16-6-9(14)4-10(16)7-17/h1-3,9-10,17H,4,6-7H2/t9-,10-/m0/s1. The van der Waals surface area contributed by atoms with Crippen molar-refractivity contribution in [2.75, 3.05) is 13.2 Å². The third-order valence-corrected chi connectivity index (χ3v) is 5.57. The van der Waals surface area contributed by atoms with Gasteiger partial charge in [-0.2, -0.15) is 9.57 Å². The predicted octanol–water partition coefficient (Wildman–Crippen LogP) is 1.31. The first-order valence-electron chi connectivity index (χ1n) is 5.86. The maximum Gasteiger partial charge on any atom is 0.244 e. The zero-order chi connectivity index (χ0) is 14.9. The van der Waals surface area contributed by atoms with E-state index in [1.165, 1.54) is 18.2 Å². The van der Waals surface area contributed by atoms with Crippen LogP contribution in [0.5, 0.6) is 0 Å². The van der Waals surface area contributed by atoms with Gasteiger partial charge in [0, 0.05) is 6.54 Å². The first kappa shape index (κ1) is 15.2. The van der Waals surface area contributed by atoms with E-state index in [4.69, 9.17) is 22.0 Å². The van der Waals surface area contributed by atoms with E-state index in [9.17, 15) is 12.8 Å². The molecular formula is C12H12ClFN2O3S. The molecule has 1 heterocycles. The monoisotopic (exact) mass is 318 g/mol. The van der Waals surface area contributed by atoms with Crippen molar-refractivity contribution in [3.63, 3.8) is 0 Å². The molecule has 0 radical (unpaired) electrons. The molecule has 1 aliphatic heterocycles. The zero-order valence-electron chi connectivity index (χ0n) is 10.3. The van der Waals surface area contributed by atoms with Gasteiger partial charge in [0.2, 0.25) is 10.0 Å². The lowest BCUT2D eigenvalue weighted by molar-refractivity contribution is 0.213. The van der Waals surface area contributed by atoms with Crippen LogP contribution in [0.2, 0.25) is 5.02 Å². The van der Waals surface area contributed by atoms with Crippen LogP contribution in [0, 0.1) is 11.3 Å². The molecule has 2 rings (SSSR count). The Morgan fingerprint density at radius 1 is 1.55 bits per heavy atom. The molecule has 1 aliphatic rings. The molecule has 1 saturated heterocycles. The van der Waals surface area contributed by atoms with Gasteiger partial charge in [0.25, 0.3) is 0 Å². The number of alkyl halides is 1. The average Bonchev–Trinajstić information content (AvgIpc) is 2.80. The summed E-state index contributed by atoms with van der Waals surface area (Å²) in [6.45, 7) is -0.753. The zero-order valence-corrected chi connectivity index (χ0v) is 11.9. The van der Waals surface area contributed by atoms with Gasteiger partial charge in [-0.25, -0.2) is 12.8 Å². The topological polar surface area (TPSA) is 81.4 Å². The van der Waals surface area contributed by atoms with Gasteiger partial charge in [-0.15, -0.1) is 0 Å². The number of aliphatic hydroxyl groups is 1. The van der Waals surface area contributed by atoms with Crippen LogP contribution in [-0.2, 0) is 10.0 Å². The molecule has 5 nitrogen and oxygen atoms in total. The minimum Gasteiger partial charge on any atom is -0.395 e. The SMILES string of the molecule is N#Cc1ccc(S(=O)(=O)N2C[C@@H](F)C[C@H]2CO)c(Cl)c1. The highest BCUT2D eigenvalue weighted by Crippen LogP contribution is 2.31. The van der Waals surface area contributed by atoms with E-state index in [0.717, 1.165) is 4.31 Å². The molecule has 1 fully saturated rings. The molecular weight excluding hydrogens is 307 g/mol. The van der Waals surface area contributed by atoms with Gasteiger partial charge >= 0.3 is 0 Å². The van der Waals surface area contributed by atoms with Crippen LogP contribution >= 0.6 is 11.6 Å². The molecule has 0 bridgehead atoms. The number of hydrogen-bond acceptors (Lipinski definition) is 4. The number of aliphatic hydroxyl groups excluding tert-OH is 1. The van der Waals surface area contributed by atoms with E-state index in [1.807, 2.05) is 6.07 Å². The highest BCUT2D eigenvalue weighted by atomic mass is 35.5. The highest BCUT2D eigenvalue weighted by molar-refractivity contribution is 7.89. The summed E-state index contributed by atoms with van der Waals surface area (Å²) in [6, 6.07) is 4.85. The summed E-state index contributed by atoms with van der Waals surface area (Å²) >= 11 is 5.89. The molecule has 1 aromatic carbocycles. The molecule has 0 amide bonds. The van der Waals surface area contributed by atoms with Crippen molar-refractivity contribution in [3.8, 4) is 6.07 Å². The van der Waals surface area contributed by atoms with Crippen molar-refractivity contribution in [2.24, 2.45) is 0 Å². The minimum atomic E-state index is -4.00. The number of benzene rings is 1. The number of nitrogens with zero attached hydrogens (tertiary/aromatic N) is 2. The van der Waals surface area contributed by atoms with Crippen LogP contribution in [-0.4, -0.2) is 43.2 Å². The number of nitriles is 1. The molecule has 20 heavy (non-hydrogen) atoms. The number of halogens is 2. The maximum atomic E-state index is 13.4. The summed E-state index contributed by atoms with van der Waals surface area (Å²) in [6.07, 6.45) is -1.34. The van der Waals surface area contributed by atoms with Gasteiger partial charge in [0.05, 0.1) is 29.3 Å². The van der Waals surface area contributed by atoms with Crippen molar-refractivity contribution in [3.05, 3.63) is 28.8 Å². The van der Waals surface area contributed by atoms with Gasteiger partial charge in [-0.1, -0.05) is 11.6 Å². The fourth-order valence-corrected chi connectivity index (χ4v) is 4.37. The Morgan fingerprint density at radius 3 is 2.80 bits per heavy atom. The average molecular weight is 319 g/mol. The Hall–Kier alpha value is -1.20. The van der Waals surface area contributed by atoms with Crippen LogP contribution in [0.1, 0.15) is 12.0 Å². The molecule has 108 valence electrons. The van der Waals surface area contributed by atoms with E-state index in [-0.39, 0.29) is 28.4 Å². The van der Waals surface area contributed by atoms with Gasteiger partial charge in [0.15, 0.2) is 0 Å². The smallest absolute Gasteiger partial charge is 0.244 e. The second kappa shape index (κ2) is 5.66. The van der Waals surface area contributed by atoms with Crippen molar-refractivity contribution >= 4 is 21.6 Å². The van der Waals surface area contributed by atoms with Crippen LogP contribution in [0.15, 0.2) is 23.1 Å². The second-order valence-electron chi connectivity index (χ2n) is 4.50. The number of rotatable bonds is 3. The van der Waals surface area contributed by atoms with E-state index < -0.39 is 28.8 Å². The van der Waals surface area contributed by atoms with Gasteiger partial charge in [-0.05, 0) is 24.6 Å². The van der Waals surface area contributed by atoms with E-state index in [2.05, 4.69) is 0 Å². The Labute approximate surface area is 121 Å². The lowest BCUT2D eigenvalue weighted by Crippen LogP contribution is -2.38. The highest BCUT2D eigenvalue weighted by Gasteiger charge is 2.40. The Balaban J connectivity index is 2.43. The summed E-state index contributed by atoms with van der Waals surface area (Å²) in [5.74, 6) is 0.